The van der Waals surface area contributed by atoms with Gasteiger partial charge in [0.1, 0.15) is 0 Å². The molecule has 0 spiro atoms. The van der Waals surface area contributed by atoms with Gasteiger partial charge in [-0.15, -0.1) is 0 Å². The van der Waals surface area contributed by atoms with Crippen molar-refractivity contribution in [3.05, 3.63) is 28.9 Å². The third kappa shape index (κ3) is 1.40. The fourth-order valence-electron chi connectivity index (χ4n) is 1.10. The molecule has 0 fully saturated rings. The zero-order chi connectivity index (χ0) is 8.43. The number of nitrogens with zero attached hydrogens (tertiary/aromatic N) is 3. The Bertz CT molecular complexity index is 293. The molecule has 0 aliphatic rings. The fourth-order valence-corrected chi connectivity index (χ4v) is 1.10. The van der Waals surface area contributed by atoms with Crippen molar-refractivity contribution >= 4 is 0 Å². The van der Waals surface area contributed by atoms with E-state index in [4.69, 9.17) is 6.57 Å². The van der Waals surface area contributed by atoms with Gasteiger partial charge in [-0.25, -0.2) is 6.57 Å². The summed E-state index contributed by atoms with van der Waals surface area (Å²) in [6.07, 6.45) is 1.90. The van der Waals surface area contributed by atoms with Gasteiger partial charge in [-0.3, -0.25) is 4.68 Å². The first kappa shape index (κ1) is 7.80. The Hall–Kier alpha value is -1.30. The number of hydrogen-bond acceptors (Lipinski definition) is 1. The Morgan fingerprint density at radius 3 is 2.73 bits per heavy atom. The van der Waals surface area contributed by atoms with Crippen LogP contribution in [0.4, 0.5) is 0 Å². The summed E-state index contributed by atoms with van der Waals surface area (Å²) < 4.78 is 1.74. The highest BCUT2D eigenvalue weighted by atomic mass is 15.2. The molecule has 3 nitrogen and oxygen atoms in total. The average Bonchev–Trinajstić information content (AvgIpc) is 2.28. The molecule has 0 bridgehead atoms. The molecule has 1 rings (SSSR count). The van der Waals surface area contributed by atoms with Crippen molar-refractivity contribution in [2.45, 2.75) is 19.9 Å². The first-order valence-corrected chi connectivity index (χ1v) is 3.52. The van der Waals surface area contributed by atoms with Crippen LogP contribution in [0.5, 0.6) is 0 Å². The molecule has 1 aromatic heterocycles. The Balaban J connectivity index is 3.05. The lowest BCUT2D eigenvalue weighted by atomic mass is 10.1. The van der Waals surface area contributed by atoms with Gasteiger partial charge in [0.15, 0.2) is 0 Å². The zero-order valence-corrected chi connectivity index (χ0v) is 7.00. The van der Waals surface area contributed by atoms with Gasteiger partial charge in [0.2, 0.25) is 6.04 Å². The maximum Gasteiger partial charge on any atom is 0.249 e. The van der Waals surface area contributed by atoms with Crippen molar-refractivity contribution in [2.75, 3.05) is 0 Å². The van der Waals surface area contributed by atoms with Gasteiger partial charge >= 0.3 is 0 Å². The average molecular weight is 149 g/mol. The molecule has 58 valence electrons. The monoisotopic (exact) mass is 149 g/mol. The summed E-state index contributed by atoms with van der Waals surface area (Å²) in [5.74, 6) is 0. The number of rotatable bonds is 1. The second kappa shape index (κ2) is 2.75. The quantitative estimate of drug-likeness (QED) is 0.557. The summed E-state index contributed by atoms with van der Waals surface area (Å²) >= 11 is 0. The molecule has 1 aromatic rings. The van der Waals surface area contributed by atoms with Crippen molar-refractivity contribution in [3.8, 4) is 0 Å². The lowest BCUT2D eigenvalue weighted by molar-refractivity contribution is 0.756. The third-order valence-electron chi connectivity index (χ3n) is 1.70. The number of aryl methyl sites for hydroxylation is 2. The molecule has 0 saturated carbocycles. The highest BCUT2D eigenvalue weighted by Crippen LogP contribution is 2.18. The molecule has 1 unspecified atom stereocenters. The van der Waals surface area contributed by atoms with Crippen LogP contribution in [0.1, 0.15) is 24.2 Å². The Kier molecular flexibility index (Phi) is 1.95. The van der Waals surface area contributed by atoms with Crippen LogP contribution in [-0.2, 0) is 7.05 Å². The summed E-state index contributed by atoms with van der Waals surface area (Å²) in [6, 6.07) is -0.0660. The van der Waals surface area contributed by atoms with Gasteiger partial charge in [0, 0.05) is 20.2 Å². The van der Waals surface area contributed by atoms with Gasteiger partial charge < -0.3 is 4.85 Å². The second-order valence-electron chi connectivity index (χ2n) is 2.65. The van der Waals surface area contributed by atoms with Crippen LogP contribution in [0.25, 0.3) is 4.85 Å². The van der Waals surface area contributed by atoms with Crippen molar-refractivity contribution in [3.63, 3.8) is 0 Å². The van der Waals surface area contributed by atoms with Crippen LogP contribution in [0.3, 0.4) is 0 Å². The van der Waals surface area contributed by atoms with Gasteiger partial charge in [-0.2, -0.15) is 5.10 Å². The van der Waals surface area contributed by atoms with Crippen molar-refractivity contribution in [1.82, 2.24) is 9.78 Å². The molecule has 1 atom stereocenters. The molecule has 0 aliphatic heterocycles. The van der Waals surface area contributed by atoms with E-state index in [0.29, 0.717) is 0 Å². The molecule has 0 aromatic carbocycles. The fraction of sp³-hybridized carbons (Fsp3) is 0.500. The van der Waals surface area contributed by atoms with E-state index < -0.39 is 0 Å². The van der Waals surface area contributed by atoms with Gasteiger partial charge in [-0.05, 0) is 6.92 Å². The van der Waals surface area contributed by atoms with Crippen LogP contribution in [0, 0.1) is 13.5 Å². The molecule has 11 heavy (non-hydrogen) atoms. The van der Waals surface area contributed by atoms with E-state index in [9.17, 15) is 0 Å². The molecule has 0 aliphatic carbocycles. The maximum absolute atomic E-state index is 6.84. The summed E-state index contributed by atoms with van der Waals surface area (Å²) in [5.41, 5.74) is 1.98. The normalized spacial score (nSPS) is 12.5. The molecule has 0 radical (unpaired) electrons. The zero-order valence-electron chi connectivity index (χ0n) is 7.00. The summed E-state index contributed by atoms with van der Waals surface area (Å²) in [6.45, 7) is 10.7. The Morgan fingerprint density at radius 1 is 1.73 bits per heavy atom. The highest BCUT2D eigenvalue weighted by molar-refractivity contribution is 5.21. The van der Waals surface area contributed by atoms with E-state index in [1.807, 2.05) is 27.1 Å². The summed E-state index contributed by atoms with van der Waals surface area (Å²) in [4.78, 5) is 3.43. The molecule has 0 saturated heterocycles. The SMILES string of the molecule is [C-]#[N+]C(C)c1cn(C)nc1C. The summed E-state index contributed by atoms with van der Waals surface area (Å²) in [7, 11) is 1.87. The highest BCUT2D eigenvalue weighted by Gasteiger charge is 2.13. The standard InChI is InChI=1S/C8H11N3/c1-6(9-3)8-5-11(4)10-7(8)2/h5-6H,1-2,4H3. The largest absolute Gasteiger partial charge is 0.309 e. The molecule has 3 heteroatoms. The van der Waals surface area contributed by atoms with E-state index in [2.05, 4.69) is 9.94 Å². The predicted octanol–water partition coefficient (Wildman–Crippen LogP) is 1.71. The number of aromatic nitrogens is 2. The van der Waals surface area contributed by atoms with E-state index in [1.165, 1.54) is 0 Å². The lowest BCUT2D eigenvalue weighted by Crippen LogP contribution is -1.86. The van der Waals surface area contributed by atoms with Crippen LogP contribution in [0.15, 0.2) is 6.20 Å². The minimum absolute atomic E-state index is 0.0660. The smallest absolute Gasteiger partial charge is 0.249 e. The Morgan fingerprint density at radius 2 is 2.36 bits per heavy atom. The molecule has 0 amide bonds. The molecular formula is C8H11N3. The van der Waals surface area contributed by atoms with E-state index in [-0.39, 0.29) is 6.04 Å². The molecule has 0 N–H and O–H groups in total. The third-order valence-corrected chi connectivity index (χ3v) is 1.70. The lowest BCUT2D eigenvalue weighted by Gasteiger charge is -1.93. The topological polar surface area (TPSA) is 22.2 Å². The first-order chi connectivity index (χ1) is 5.15. The Labute approximate surface area is 66.5 Å². The minimum Gasteiger partial charge on any atom is -0.309 e. The molecule has 1 heterocycles. The van der Waals surface area contributed by atoms with E-state index in [1.54, 1.807) is 4.68 Å². The van der Waals surface area contributed by atoms with Gasteiger partial charge in [0.25, 0.3) is 0 Å². The van der Waals surface area contributed by atoms with Gasteiger partial charge in [-0.1, -0.05) is 0 Å². The minimum atomic E-state index is -0.0660. The van der Waals surface area contributed by atoms with Crippen molar-refractivity contribution in [2.24, 2.45) is 7.05 Å². The van der Waals surface area contributed by atoms with Crippen LogP contribution < -0.4 is 0 Å². The summed E-state index contributed by atoms with van der Waals surface area (Å²) in [5, 5.41) is 4.15. The van der Waals surface area contributed by atoms with E-state index in [0.717, 1.165) is 11.3 Å². The molecular weight excluding hydrogens is 138 g/mol. The van der Waals surface area contributed by atoms with Crippen molar-refractivity contribution in [1.29, 1.82) is 0 Å². The van der Waals surface area contributed by atoms with Crippen LogP contribution >= 0.6 is 0 Å². The van der Waals surface area contributed by atoms with Crippen molar-refractivity contribution < 1.29 is 0 Å². The van der Waals surface area contributed by atoms with Crippen LogP contribution in [-0.4, -0.2) is 9.78 Å². The second-order valence-corrected chi connectivity index (χ2v) is 2.65. The first-order valence-electron chi connectivity index (χ1n) is 3.52. The predicted molar refractivity (Wildman–Crippen MR) is 43.0 cm³/mol. The van der Waals surface area contributed by atoms with Gasteiger partial charge in [0.05, 0.1) is 11.3 Å². The number of hydrogen-bond donors (Lipinski definition) is 0. The van der Waals surface area contributed by atoms with E-state index >= 15 is 0 Å². The van der Waals surface area contributed by atoms with Crippen LogP contribution in [0.2, 0.25) is 0 Å². The maximum atomic E-state index is 6.84.